The van der Waals surface area contributed by atoms with Crippen molar-refractivity contribution in [2.75, 3.05) is 11.1 Å². The average Bonchev–Trinajstić information content (AvgIpc) is 3.41. The Morgan fingerprint density at radius 3 is 2.58 bits per heavy atom. The van der Waals surface area contributed by atoms with Gasteiger partial charge in [-0.2, -0.15) is 0 Å². The molecule has 0 spiro atoms. The fraction of sp³-hybridized carbons (Fsp3) is 0.222. The maximum absolute atomic E-state index is 12.2. The largest absolute Gasteiger partial charge is 0.325 e. The smallest absolute Gasteiger partial charge is 0.234 e. The highest BCUT2D eigenvalue weighted by molar-refractivity contribution is 7.99. The predicted molar refractivity (Wildman–Crippen MR) is 102 cm³/mol. The van der Waals surface area contributed by atoms with Crippen LogP contribution in [0.25, 0.3) is 11.4 Å². The Hall–Kier alpha value is -2.38. The number of carbonyl (C=O) groups is 1. The number of thioether (sulfide) groups is 1. The van der Waals surface area contributed by atoms with Gasteiger partial charge in [0.1, 0.15) is 0 Å². The van der Waals surface area contributed by atoms with Gasteiger partial charge in [0.2, 0.25) is 5.91 Å². The van der Waals surface area contributed by atoms with Crippen molar-refractivity contribution in [1.29, 1.82) is 0 Å². The summed E-state index contributed by atoms with van der Waals surface area (Å²) in [7, 11) is 0. The zero-order valence-corrected chi connectivity index (χ0v) is 15.4. The number of hydrogen-bond acceptors (Lipinski definition) is 5. The SMILES string of the molecule is O=C(CSc1nnc(-c2ccncc2)n1C1CC1)Nc1ccc(Cl)cc1. The number of rotatable bonds is 6. The molecule has 1 amide bonds. The van der Waals surface area contributed by atoms with Gasteiger partial charge in [0.25, 0.3) is 0 Å². The molecule has 0 unspecified atom stereocenters. The van der Waals surface area contributed by atoms with Gasteiger partial charge in [0.05, 0.1) is 5.75 Å². The van der Waals surface area contributed by atoms with E-state index in [4.69, 9.17) is 11.6 Å². The van der Waals surface area contributed by atoms with Gasteiger partial charge in [-0.15, -0.1) is 10.2 Å². The molecule has 1 aromatic carbocycles. The van der Waals surface area contributed by atoms with Gasteiger partial charge in [-0.25, -0.2) is 0 Å². The van der Waals surface area contributed by atoms with Crippen molar-refractivity contribution in [2.45, 2.75) is 24.0 Å². The number of carbonyl (C=O) groups excluding carboxylic acids is 1. The summed E-state index contributed by atoms with van der Waals surface area (Å²) in [5.41, 5.74) is 1.71. The van der Waals surface area contributed by atoms with Crippen LogP contribution in [-0.4, -0.2) is 31.4 Å². The standard InChI is InChI=1S/C18H16ClN5OS/c19-13-1-3-14(4-2-13)21-16(25)11-26-18-23-22-17(24(18)15-5-6-15)12-7-9-20-10-8-12/h1-4,7-10,15H,5-6,11H2,(H,21,25). The number of hydrogen-bond donors (Lipinski definition) is 1. The van der Waals surface area contributed by atoms with Gasteiger partial charge >= 0.3 is 0 Å². The molecule has 1 saturated carbocycles. The fourth-order valence-corrected chi connectivity index (χ4v) is 3.53. The maximum atomic E-state index is 12.2. The Balaban J connectivity index is 1.46. The van der Waals surface area contributed by atoms with E-state index in [1.165, 1.54) is 11.8 Å². The van der Waals surface area contributed by atoms with Crippen LogP contribution in [0.1, 0.15) is 18.9 Å². The monoisotopic (exact) mass is 385 g/mol. The summed E-state index contributed by atoms with van der Waals surface area (Å²) in [5.74, 6) is 1.01. The normalized spacial score (nSPS) is 13.6. The van der Waals surface area contributed by atoms with E-state index in [2.05, 4.69) is 25.1 Å². The summed E-state index contributed by atoms with van der Waals surface area (Å²) in [6.45, 7) is 0. The Morgan fingerprint density at radius 1 is 1.15 bits per heavy atom. The molecule has 0 bridgehead atoms. The lowest BCUT2D eigenvalue weighted by Gasteiger charge is -2.09. The molecule has 0 atom stereocenters. The van der Waals surface area contributed by atoms with Crippen molar-refractivity contribution in [1.82, 2.24) is 19.7 Å². The quantitative estimate of drug-likeness (QED) is 0.648. The molecule has 2 aromatic heterocycles. The summed E-state index contributed by atoms with van der Waals surface area (Å²) in [4.78, 5) is 16.3. The van der Waals surface area contributed by atoms with Crippen molar-refractivity contribution in [2.24, 2.45) is 0 Å². The zero-order chi connectivity index (χ0) is 17.9. The number of amides is 1. The van der Waals surface area contributed by atoms with Crippen LogP contribution in [-0.2, 0) is 4.79 Å². The molecule has 1 aliphatic rings. The molecule has 4 rings (SSSR count). The van der Waals surface area contributed by atoms with Crippen LogP contribution >= 0.6 is 23.4 Å². The highest BCUT2D eigenvalue weighted by Crippen LogP contribution is 2.40. The second-order valence-corrected chi connectivity index (χ2v) is 7.37. The molecule has 1 aliphatic carbocycles. The van der Waals surface area contributed by atoms with Gasteiger partial charge in [-0.05, 0) is 49.2 Å². The number of anilines is 1. The van der Waals surface area contributed by atoms with Crippen LogP contribution in [0.4, 0.5) is 5.69 Å². The summed E-state index contributed by atoms with van der Waals surface area (Å²) in [6.07, 6.45) is 5.71. The van der Waals surface area contributed by atoms with Crippen LogP contribution in [0.5, 0.6) is 0 Å². The molecule has 0 aliphatic heterocycles. The molecular weight excluding hydrogens is 370 g/mol. The van der Waals surface area contributed by atoms with Gasteiger partial charge in [-0.1, -0.05) is 23.4 Å². The van der Waals surface area contributed by atoms with E-state index in [0.29, 0.717) is 11.1 Å². The Kier molecular flexibility index (Phi) is 4.90. The first kappa shape index (κ1) is 17.1. The minimum absolute atomic E-state index is 0.0897. The van der Waals surface area contributed by atoms with E-state index in [0.717, 1.165) is 35.1 Å². The van der Waals surface area contributed by atoms with Gasteiger partial charge < -0.3 is 5.32 Å². The fourth-order valence-electron chi connectivity index (χ4n) is 2.60. The van der Waals surface area contributed by atoms with Crippen molar-refractivity contribution in [3.63, 3.8) is 0 Å². The van der Waals surface area contributed by atoms with Crippen LogP contribution < -0.4 is 5.32 Å². The second kappa shape index (κ2) is 7.47. The number of pyridine rings is 1. The number of halogens is 1. The molecule has 1 N–H and O–H groups in total. The molecule has 26 heavy (non-hydrogen) atoms. The van der Waals surface area contributed by atoms with E-state index in [9.17, 15) is 4.79 Å². The highest BCUT2D eigenvalue weighted by atomic mass is 35.5. The Labute approximate surface area is 160 Å². The Bertz CT molecular complexity index is 909. The van der Waals surface area contributed by atoms with Gasteiger partial charge in [0.15, 0.2) is 11.0 Å². The van der Waals surface area contributed by atoms with Crippen LogP contribution in [0.2, 0.25) is 5.02 Å². The van der Waals surface area contributed by atoms with E-state index in [1.807, 2.05) is 12.1 Å². The molecule has 0 radical (unpaired) electrons. The zero-order valence-electron chi connectivity index (χ0n) is 13.8. The second-order valence-electron chi connectivity index (χ2n) is 5.99. The van der Waals surface area contributed by atoms with Crippen molar-refractivity contribution < 1.29 is 4.79 Å². The van der Waals surface area contributed by atoms with Crippen LogP contribution in [0.3, 0.4) is 0 Å². The summed E-state index contributed by atoms with van der Waals surface area (Å²) in [5, 5.41) is 12.9. The molecule has 3 aromatic rings. The predicted octanol–water partition coefficient (Wildman–Crippen LogP) is 4.06. The molecule has 132 valence electrons. The average molecular weight is 386 g/mol. The summed E-state index contributed by atoms with van der Waals surface area (Å²) >= 11 is 7.25. The third-order valence-corrected chi connectivity index (χ3v) is 5.17. The number of nitrogens with one attached hydrogen (secondary N) is 1. The minimum Gasteiger partial charge on any atom is -0.325 e. The van der Waals surface area contributed by atoms with Crippen molar-refractivity contribution in [3.05, 3.63) is 53.8 Å². The molecule has 6 nitrogen and oxygen atoms in total. The Morgan fingerprint density at radius 2 is 1.88 bits per heavy atom. The van der Waals surface area contributed by atoms with Crippen LogP contribution in [0, 0.1) is 0 Å². The van der Waals surface area contributed by atoms with Gasteiger partial charge in [0, 0.05) is 34.7 Å². The first-order valence-corrected chi connectivity index (χ1v) is 9.60. The lowest BCUT2D eigenvalue weighted by molar-refractivity contribution is -0.113. The summed E-state index contributed by atoms with van der Waals surface area (Å²) < 4.78 is 2.13. The summed E-state index contributed by atoms with van der Waals surface area (Å²) in [6, 6.07) is 11.3. The van der Waals surface area contributed by atoms with Gasteiger partial charge in [-0.3, -0.25) is 14.3 Å². The first-order chi connectivity index (χ1) is 12.7. The van der Waals surface area contributed by atoms with E-state index in [1.54, 1.807) is 36.7 Å². The lowest BCUT2D eigenvalue weighted by atomic mass is 10.2. The molecule has 2 heterocycles. The van der Waals surface area contributed by atoms with E-state index >= 15 is 0 Å². The van der Waals surface area contributed by atoms with E-state index < -0.39 is 0 Å². The molecule has 1 fully saturated rings. The molecule has 0 saturated heterocycles. The maximum Gasteiger partial charge on any atom is 0.234 e. The minimum atomic E-state index is -0.0897. The highest BCUT2D eigenvalue weighted by Gasteiger charge is 2.30. The lowest BCUT2D eigenvalue weighted by Crippen LogP contribution is -2.14. The first-order valence-electron chi connectivity index (χ1n) is 8.24. The number of aromatic nitrogens is 4. The number of nitrogens with zero attached hydrogens (tertiary/aromatic N) is 4. The topological polar surface area (TPSA) is 72.7 Å². The molecular formula is C18H16ClN5OS. The van der Waals surface area contributed by atoms with Crippen LogP contribution in [0.15, 0.2) is 53.9 Å². The third-order valence-electron chi connectivity index (χ3n) is 3.98. The molecule has 8 heteroatoms. The van der Waals surface area contributed by atoms with Crippen molar-refractivity contribution in [3.8, 4) is 11.4 Å². The third kappa shape index (κ3) is 3.89. The number of benzene rings is 1. The van der Waals surface area contributed by atoms with Crippen molar-refractivity contribution >= 4 is 35.0 Å². The van der Waals surface area contributed by atoms with E-state index in [-0.39, 0.29) is 11.7 Å².